The van der Waals surface area contributed by atoms with Crippen LogP contribution in [0.3, 0.4) is 0 Å². The van der Waals surface area contributed by atoms with E-state index in [9.17, 15) is 5.11 Å². The second kappa shape index (κ2) is 9.57. The van der Waals surface area contributed by atoms with Crippen molar-refractivity contribution in [2.45, 2.75) is 128 Å². The van der Waals surface area contributed by atoms with Crippen molar-refractivity contribution < 1.29 is 9.84 Å². The van der Waals surface area contributed by atoms with E-state index in [-0.39, 0.29) is 11.0 Å². The molecule has 180 valence electrons. The van der Waals surface area contributed by atoms with E-state index in [4.69, 9.17) is 4.74 Å². The first kappa shape index (κ1) is 23.9. The molecule has 2 fully saturated rings. The minimum absolute atomic E-state index is 0.0491. The van der Waals surface area contributed by atoms with Crippen molar-refractivity contribution in [1.82, 2.24) is 4.90 Å². The quantitative estimate of drug-likeness (QED) is 0.443. The second-order valence-corrected chi connectivity index (χ2v) is 12.1. The number of nitrogens with zero attached hydrogens (tertiary/aromatic N) is 1. The summed E-state index contributed by atoms with van der Waals surface area (Å²) in [6, 6.07) is 5.01. The van der Waals surface area contributed by atoms with E-state index in [1.807, 2.05) is 0 Å². The van der Waals surface area contributed by atoms with E-state index >= 15 is 0 Å². The normalized spacial score (nSPS) is 28.0. The molecule has 0 spiro atoms. The van der Waals surface area contributed by atoms with Gasteiger partial charge in [-0.2, -0.15) is 0 Å². The SMILES string of the molecule is CCCCCCC(C)(C)c1cc(O)c2c(c1)OC(C)(C)C1CCC(N3CCCCC3)CC21. The predicted octanol–water partition coefficient (Wildman–Crippen LogP) is 7.55. The number of phenols is 1. The molecule has 1 aromatic rings. The highest BCUT2D eigenvalue weighted by Gasteiger charge is 2.48. The van der Waals surface area contributed by atoms with Crippen molar-refractivity contribution in [2.24, 2.45) is 5.92 Å². The van der Waals surface area contributed by atoms with Gasteiger partial charge in [0.25, 0.3) is 0 Å². The average Bonchev–Trinajstić information content (AvgIpc) is 2.76. The molecule has 1 N–H and O–H groups in total. The molecule has 3 nitrogen and oxygen atoms in total. The number of benzene rings is 1. The third kappa shape index (κ3) is 4.83. The van der Waals surface area contributed by atoms with Crippen LogP contribution in [0.4, 0.5) is 0 Å². The van der Waals surface area contributed by atoms with E-state index in [2.05, 4.69) is 51.7 Å². The minimum Gasteiger partial charge on any atom is -0.508 e. The molecular formula is C29H47NO2. The Labute approximate surface area is 196 Å². The maximum Gasteiger partial charge on any atom is 0.127 e. The third-order valence-corrected chi connectivity index (χ3v) is 8.92. The molecule has 0 amide bonds. The molecule has 0 aromatic heterocycles. The first-order valence-corrected chi connectivity index (χ1v) is 13.5. The molecule has 1 aromatic carbocycles. The van der Waals surface area contributed by atoms with E-state index in [1.165, 1.54) is 76.4 Å². The van der Waals surface area contributed by atoms with Crippen LogP contribution in [-0.4, -0.2) is 34.7 Å². The third-order valence-electron chi connectivity index (χ3n) is 8.92. The summed E-state index contributed by atoms with van der Waals surface area (Å²) in [5, 5.41) is 11.3. The fourth-order valence-electron chi connectivity index (χ4n) is 6.87. The number of fused-ring (bicyclic) bond motifs is 3. The second-order valence-electron chi connectivity index (χ2n) is 12.1. The zero-order valence-electron chi connectivity index (χ0n) is 21.4. The number of hydrogen-bond acceptors (Lipinski definition) is 3. The van der Waals surface area contributed by atoms with Gasteiger partial charge in [0.05, 0.1) is 0 Å². The smallest absolute Gasteiger partial charge is 0.127 e. The molecule has 3 aliphatic rings. The van der Waals surface area contributed by atoms with Gasteiger partial charge in [-0.1, -0.05) is 52.9 Å². The van der Waals surface area contributed by atoms with Gasteiger partial charge in [-0.05, 0) is 94.5 Å². The summed E-state index contributed by atoms with van der Waals surface area (Å²) >= 11 is 0. The van der Waals surface area contributed by atoms with Gasteiger partial charge in [-0.15, -0.1) is 0 Å². The lowest BCUT2D eigenvalue weighted by Crippen LogP contribution is -2.51. The summed E-state index contributed by atoms with van der Waals surface area (Å²) in [4.78, 5) is 2.74. The highest BCUT2D eigenvalue weighted by molar-refractivity contribution is 5.53. The molecule has 3 heteroatoms. The molecule has 2 heterocycles. The Hall–Kier alpha value is -1.22. The van der Waals surface area contributed by atoms with Crippen molar-refractivity contribution >= 4 is 0 Å². The predicted molar refractivity (Wildman–Crippen MR) is 134 cm³/mol. The highest BCUT2D eigenvalue weighted by atomic mass is 16.5. The first-order chi connectivity index (χ1) is 15.2. The number of hydrogen-bond donors (Lipinski definition) is 1. The van der Waals surface area contributed by atoms with E-state index in [0.717, 1.165) is 24.2 Å². The Kier molecular flexibility index (Phi) is 7.15. The Morgan fingerprint density at radius 3 is 2.53 bits per heavy atom. The summed E-state index contributed by atoms with van der Waals surface area (Å²) < 4.78 is 6.66. The molecule has 1 aliphatic carbocycles. The fraction of sp³-hybridized carbons (Fsp3) is 0.793. The van der Waals surface area contributed by atoms with Gasteiger partial charge in [0, 0.05) is 17.5 Å². The maximum absolute atomic E-state index is 11.3. The Morgan fingerprint density at radius 1 is 1.06 bits per heavy atom. The summed E-state index contributed by atoms with van der Waals surface area (Å²) in [6.07, 6.45) is 14.0. The van der Waals surface area contributed by atoms with Crippen LogP contribution in [0.15, 0.2) is 12.1 Å². The van der Waals surface area contributed by atoms with E-state index < -0.39 is 0 Å². The van der Waals surface area contributed by atoms with E-state index in [1.54, 1.807) is 0 Å². The number of ether oxygens (including phenoxy) is 1. The van der Waals surface area contributed by atoms with E-state index in [0.29, 0.717) is 23.6 Å². The minimum atomic E-state index is -0.180. The van der Waals surface area contributed by atoms with Crippen LogP contribution in [0.25, 0.3) is 0 Å². The number of unbranched alkanes of at least 4 members (excludes halogenated alkanes) is 3. The number of rotatable bonds is 7. The monoisotopic (exact) mass is 441 g/mol. The van der Waals surface area contributed by atoms with Crippen LogP contribution in [-0.2, 0) is 5.41 Å². The Bertz CT molecular complexity index is 778. The molecule has 2 aliphatic heterocycles. The molecule has 1 saturated heterocycles. The zero-order chi connectivity index (χ0) is 22.9. The van der Waals surface area contributed by atoms with Gasteiger partial charge in [0.1, 0.15) is 17.1 Å². The van der Waals surface area contributed by atoms with Gasteiger partial charge >= 0.3 is 0 Å². The van der Waals surface area contributed by atoms with Crippen LogP contribution in [0.1, 0.15) is 122 Å². The lowest BCUT2D eigenvalue weighted by Gasteiger charge is -2.51. The maximum atomic E-state index is 11.3. The summed E-state index contributed by atoms with van der Waals surface area (Å²) in [7, 11) is 0. The highest BCUT2D eigenvalue weighted by Crippen LogP contribution is 2.55. The number of aromatic hydroxyl groups is 1. The van der Waals surface area contributed by atoms with Crippen molar-refractivity contribution in [3.63, 3.8) is 0 Å². The van der Waals surface area contributed by atoms with Crippen LogP contribution >= 0.6 is 0 Å². The lowest BCUT2D eigenvalue weighted by atomic mass is 9.64. The Morgan fingerprint density at radius 2 is 1.81 bits per heavy atom. The van der Waals surface area contributed by atoms with Crippen molar-refractivity contribution in [3.05, 3.63) is 23.3 Å². The summed E-state index contributed by atoms with van der Waals surface area (Å²) in [5.74, 6) is 2.31. The summed E-state index contributed by atoms with van der Waals surface area (Å²) in [5.41, 5.74) is 2.19. The molecule has 0 radical (unpaired) electrons. The molecule has 4 rings (SSSR count). The van der Waals surface area contributed by atoms with Crippen LogP contribution in [0, 0.1) is 5.92 Å². The topological polar surface area (TPSA) is 32.7 Å². The standard InChI is InChI=1S/C29H47NO2/c1-6-7-8-10-15-28(2,3)21-18-25(31)27-23-20-22(30-16-11-9-12-17-30)13-14-24(23)29(4,5)32-26(27)19-21/h18-19,22-24,31H,6-17,20H2,1-5H3. The number of piperidine rings is 1. The van der Waals surface area contributed by atoms with Crippen molar-refractivity contribution in [3.8, 4) is 11.5 Å². The average molecular weight is 442 g/mol. The molecule has 3 atom stereocenters. The number of likely N-dealkylation sites (tertiary alicyclic amines) is 1. The summed E-state index contributed by atoms with van der Waals surface area (Å²) in [6.45, 7) is 14.0. The Balaban J connectivity index is 1.60. The van der Waals surface area contributed by atoms with Gasteiger partial charge in [0.2, 0.25) is 0 Å². The van der Waals surface area contributed by atoms with Crippen molar-refractivity contribution in [1.29, 1.82) is 0 Å². The van der Waals surface area contributed by atoms with Crippen LogP contribution < -0.4 is 4.74 Å². The van der Waals surface area contributed by atoms with Gasteiger partial charge in [0.15, 0.2) is 0 Å². The molecule has 3 unspecified atom stereocenters. The van der Waals surface area contributed by atoms with Crippen molar-refractivity contribution in [2.75, 3.05) is 13.1 Å². The largest absolute Gasteiger partial charge is 0.508 e. The zero-order valence-corrected chi connectivity index (χ0v) is 21.4. The van der Waals surface area contributed by atoms with Crippen LogP contribution in [0.2, 0.25) is 0 Å². The van der Waals surface area contributed by atoms with Gasteiger partial charge in [-0.25, -0.2) is 0 Å². The first-order valence-electron chi connectivity index (χ1n) is 13.5. The lowest BCUT2D eigenvalue weighted by molar-refractivity contribution is -0.0255. The molecular weight excluding hydrogens is 394 g/mol. The molecule has 32 heavy (non-hydrogen) atoms. The fourth-order valence-corrected chi connectivity index (χ4v) is 6.87. The molecule has 0 bridgehead atoms. The molecule has 1 saturated carbocycles. The number of phenolic OH excluding ortho intramolecular Hbond substituents is 1. The van der Waals surface area contributed by atoms with Crippen LogP contribution in [0.5, 0.6) is 11.5 Å². The van der Waals surface area contributed by atoms with Gasteiger partial charge in [-0.3, -0.25) is 0 Å². The van der Waals surface area contributed by atoms with Gasteiger partial charge < -0.3 is 14.7 Å².